The molecule has 2 bridgehead atoms. The van der Waals surface area contributed by atoms with E-state index in [1.807, 2.05) is 12.2 Å². The molecule has 0 aromatic carbocycles. The Labute approximate surface area is 182 Å². The summed E-state index contributed by atoms with van der Waals surface area (Å²) in [6.45, 7) is 0. The molecule has 2 aromatic rings. The third-order valence-electron chi connectivity index (χ3n) is 8.10. The molecule has 158 valence electrons. The molecular weight excluding hydrogens is 408 g/mol. The van der Waals surface area contributed by atoms with E-state index < -0.39 is 23.7 Å². The van der Waals surface area contributed by atoms with Crippen LogP contribution in [0.15, 0.2) is 60.9 Å². The fraction of sp³-hybridized carbons (Fsp3) is 0.333. The second-order valence-electron chi connectivity index (χ2n) is 9.20. The Morgan fingerprint density at radius 2 is 0.969 bits per heavy atom. The van der Waals surface area contributed by atoms with E-state index in [4.69, 9.17) is 0 Å². The predicted molar refractivity (Wildman–Crippen MR) is 111 cm³/mol. The van der Waals surface area contributed by atoms with Crippen molar-refractivity contribution < 1.29 is 19.2 Å². The van der Waals surface area contributed by atoms with Gasteiger partial charge in [0, 0.05) is 12.4 Å². The molecule has 8 heteroatoms. The second-order valence-corrected chi connectivity index (χ2v) is 9.20. The van der Waals surface area contributed by atoms with Crippen molar-refractivity contribution >= 4 is 35.3 Å². The van der Waals surface area contributed by atoms with Crippen molar-refractivity contribution in [2.24, 2.45) is 47.3 Å². The van der Waals surface area contributed by atoms with Gasteiger partial charge < -0.3 is 0 Å². The Bertz CT molecular complexity index is 1170. The van der Waals surface area contributed by atoms with Crippen LogP contribution in [-0.4, -0.2) is 33.6 Å². The first kappa shape index (κ1) is 17.9. The summed E-state index contributed by atoms with van der Waals surface area (Å²) in [6.07, 6.45) is 7.11. The van der Waals surface area contributed by atoms with Gasteiger partial charge in [0.15, 0.2) is 0 Å². The first-order valence-corrected chi connectivity index (χ1v) is 10.9. The Balaban J connectivity index is 1.27. The van der Waals surface area contributed by atoms with Crippen molar-refractivity contribution in [3.63, 3.8) is 0 Å². The maximum absolute atomic E-state index is 13.4. The lowest BCUT2D eigenvalue weighted by Crippen LogP contribution is -2.63. The Hall–Kier alpha value is -3.68. The molecule has 4 heterocycles. The van der Waals surface area contributed by atoms with Crippen LogP contribution in [0, 0.1) is 47.3 Å². The van der Waals surface area contributed by atoms with E-state index in [0.29, 0.717) is 11.6 Å². The number of amides is 4. The number of carbonyl (C=O) groups excluding carboxylic acids is 4. The van der Waals surface area contributed by atoms with Gasteiger partial charge in [-0.05, 0) is 47.9 Å². The highest BCUT2D eigenvalue weighted by Crippen LogP contribution is 2.68. The number of pyridine rings is 2. The lowest BCUT2D eigenvalue weighted by atomic mass is 9.40. The molecule has 4 fully saturated rings. The van der Waals surface area contributed by atoms with Crippen molar-refractivity contribution in [1.29, 1.82) is 0 Å². The standard InChI is InChI=1S/C24H18N4O4/c29-21-17-11-7-8-12(18(17)22(30)27(21)13-5-1-3-9-25-13)16-15(11)19-20(16)24(32)28(23(19)31)14-6-2-4-10-26-14/h1-12,15-20H/t11-,12-,15-,16-,17-,18+,19-,20-/m1/s1. The number of nitrogens with zero attached hydrogens (tertiary/aromatic N) is 4. The van der Waals surface area contributed by atoms with Crippen LogP contribution < -0.4 is 9.80 Å². The number of fused-ring (bicyclic) bond motifs is 1. The summed E-state index contributed by atoms with van der Waals surface area (Å²) in [5.74, 6) is -2.93. The first-order valence-electron chi connectivity index (χ1n) is 10.9. The molecule has 0 radical (unpaired) electrons. The zero-order valence-electron chi connectivity index (χ0n) is 16.8. The molecule has 0 spiro atoms. The number of aromatic nitrogens is 2. The van der Waals surface area contributed by atoms with Crippen LogP contribution in [-0.2, 0) is 19.2 Å². The Morgan fingerprint density at radius 1 is 0.562 bits per heavy atom. The lowest BCUT2D eigenvalue weighted by Gasteiger charge is -2.60. The zero-order chi connectivity index (χ0) is 21.7. The van der Waals surface area contributed by atoms with Crippen LogP contribution in [0.4, 0.5) is 11.6 Å². The van der Waals surface area contributed by atoms with Gasteiger partial charge in [0.25, 0.3) is 0 Å². The molecule has 8 atom stereocenters. The molecule has 2 saturated carbocycles. The van der Waals surface area contributed by atoms with Gasteiger partial charge in [0.2, 0.25) is 23.6 Å². The van der Waals surface area contributed by atoms with Gasteiger partial charge in [-0.3, -0.25) is 19.2 Å². The molecule has 2 aromatic heterocycles. The molecule has 4 amide bonds. The topological polar surface area (TPSA) is 101 Å². The van der Waals surface area contributed by atoms with Crippen LogP contribution >= 0.6 is 0 Å². The third-order valence-corrected chi connectivity index (χ3v) is 8.10. The SMILES string of the molecule is O=C1[C@@H]2[C@@H]3C=C[C@@H]([C@@H]2C(=O)N1c1ccccn1)[C@H]1[C@H]2C(=O)N(c4ccccn4)C(=O)[C@@H]2[C@H]31. The number of anilines is 2. The largest absolute Gasteiger partial charge is 0.274 e. The minimum atomic E-state index is -0.506. The van der Waals surface area contributed by atoms with E-state index in [1.165, 1.54) is 9.80 Å². The summed E-state index contributed by atoms with van der Waals surface area (Å²) in [5, 5.41) is 0. The monoisotopic (exact) mass is 426 g/mol. The van der Waals surface area contributed by atoms with Crippen LogP contribution in [0.5, 0.6) is 0 Å². The number of imide groups is 2. The smallest absolute Gasteiger partial charge is 0.239 e. The maximum Gasteiger partial charge on any atom is 0.239 e. The highest BCUT2D eigenvalue weighted by atomic mass is 16.2. The molecule has 0 N–H and O–H groups in total. The van der Waals surface area contributed by atoms with Gasteiger partial charge in [-0.1, -0.05) is 24.3 Å². The Morgan fingerprint density at radius 3 is 1.34 bits per heavy atom. The number of hydrogen-bond acceptors (Lipinski definition) is 6. The first-order chi connectivity index (χ1) is 15.6. The molecule has 4 aliphatic carbocycles. The zero-order valence-corrected chi connectivity index (χ0v) is 16.8. The molecule has 2 aliphatic heterocycles. The van der Waals surface area contributed by atoms with E-state index in [9.17, 15) is 19.2 Å². The maximum atomic E-state index is 13.4. The molecular formula is C24H18N4O4. The van der Waals surface area contributed by atoms with Crippen molar-refractivity contribution in [2.45, 2.75) is 0 Å². The molecule has 32 heavy (non-hydrogen) atoms. The molecule has 8 rings (SSSR count). The minimum absolute atomic E-state index is 0.109. The van der Waals surface area contributed by atoms with Gasteiger partial charge >= 0.3 is 0 Å². The summed E-state index contributed by atoms with van der Waals surface area (Å²) in [7, 11) is 0. The predicted octanol–water partition coefficient (Wildman–Crippen LogP) is 1.45. The van der Waals surface area contributed by atoms with E-state index >= 15 is 0 Å². The second kappa shape index (κ2) is 5.97. The van der Waals surface area contributed by atoms with Crippen LogP contribution in [0.2, 0.25) is 0 Å². The van der Waals surface area contributed by atoms with Gasteiger partial charge in [-0.2, -0.15) is 0 Å². The lowest BCUT2D eigenvalue weighted by molar-refractivity contribution is -0.166. The fourth-order valence-corrected chi connectivity index (χ4v) is 7.02. The highest BCUT2D eigenvalue weighted by molar-refractivity contribution is 6.24. The van der Waals surface area contributed by atoms with Crippen LogP contribution in [0.25, 0.3) is 0 Å². The van der Waals surface area contributed by atoms with Crippen LogP contribution in [0.1, 0.15) is 0 Å². The number of carbonyl (C=O) groups is 4. The quantitative estimate of drug-likeness (QED) is 0.532. The average molecular weight is 426 g/mol. The van der Waals surface area contributed by atoms with Crippen molar-refractivity contribution in [2.75, 3.05) is 9.80 Å². The summed E-state index contributed by atoms with van der Waals surface area (Å²) in [6, 6.07) is 10.3. The summed E-state index contributed by atoms with van der Waals surface area (Å²) >= 11 is 0. The van der Waals surface area contributed by atoms with Gasteiger partial charge in [0.1, 0.15) is 11.6 Å². The fourth-order valence-electron chi connectivity index (χ4n) is 7.02. The van der Waals surface area contributed by atoms with Gasteiger partial charge in [0.05, 0.1) is 23.7 Å². The van der Waals surface area contributed by atoms with Crippen LogP contribution in [0.3, 0.4) is 0 Å². The third kappa shape index (κ3) is 1.94. The summed E-state index contributed by atoms with van der Waals surface area (Å²) < 4.78 is 0. The number of hydrogen-bond donors (Lipinski definition) is 0. The highest BCUT2D eigenvalue weighted by Gasteiger charge is 2.75. The summed E-state index contributed by atoms with van der Waals surface area (Å²) in [4.78, 5) is 64.2. The molecule has 0 unspecified atom stereocenters. The average Bonchev–Trinajstić information content (AvgIpc) is 3.19. The van der Waals surface area contributed by atoms with E-state index in [-0.39, 0.29) is 47.3 Å². The van der Waals surface area contributed by atoms with Crippen molar-refractivity contribution in [3.05, 3.63) is 60.9 Å². The van der Waals surface area contributed by atoms with Crippen molar-refractivity contribution in [1.82, 2.24) is 9.97 Å². The Kier molecular flexibility index (Phi) is 3.35. The number of rotatable bonds is 2. The molecule has 2 saturated heterocycles. The van der Waals surface area contributed by atoms with Gasteiger partial charge in [-0.25, -0.2) is 19.8 Å². The van der Waals surface area contributed by atoms with E-state index in [0.717, 1.165) is 0 Å². The normalized spacial score (nSPS) is 38.6. The van der Waals surface area contributed by atoms with E-state index in [2.05, 4.69) is 9.97 Å². The molecule has 8 nitrogen and oxygen atoms in total. The van der Waals surface area contributed by atoms with Crippen molar-refractivity contribution in [3.8, 4) is 0 Å². The summed E-state index contributed by atoms with van der Waals surface area (Å²) in [5.41, 5.74) is 0. The van der Waals surface area contributed by atoms with Gasteiger partial charge in [-0.15, -0.1) is 0 Å². The minimum Gasteiger partial charge on any atom is -0.274 e. The number of allylic oxidation sites excluding steroid dienone is 2. The van der Waals surface area contributed by atoms with E-state index in [1.54, 1.807) is 48.8 Å². The molecule has 6 aliphatic rings.